The van der Waals surface area contributed by atoms with Gasteiger partial charge in [0.05, 0.1) is 5.92 Å². The van der Waals surface area contributed by atoms with Crippen LogP contribution in [0.5, 0.6) is 0 Å². The Kier molecular flexibility index (Phi) is 5.09. The Bertz CT molecular complexity index is 441. The zero-order valence-electron chi connectivity index (χ0n) is 9.40. The predicted octanol–water partition coefficient (Wildman–Crippen LogP) is 2.59. The van der Waals surface area contributed by atoms with Gasteiger partial charge in [0.15, 0.2) is 0 Å². The molecule has 1 aromatic rings. The highest BCUT2D eigenvalue weighted by atomic mass is 35.5. The van der Waals surface area contributed by atoms with Crippen LogP contribution in [0.15, 0.2) is 18.2 Å². The van der Waals surface area contributed by atoms with Gasteiger partial charge in [-0.1, -0.05) is 17.7 Å². The van der Waals surface area contributed by atoms with Gasteiger partial charge in [-0.25, -0.2) is 4.39 Å². The van der Waals surface area contributed by atoms with E-state index in [1.165, 1.54) is 18.2 Å². The lowest BCUT2D eigenvalue weighted by Crippen LogP contribution is -2.18. The van der Waals surface area contributed by atoms with Crippen molar-refractivity contribution in [2.75, 3.05) is 0 Å². The van der Waals surface area contributed by atoms with E-state index in [2.05, 4.69) is 0 Å². The highest BCUT2D eigenvalue weighted by Crippen LogP contribution is 2.24. The molecule has 0 aliphatic carbocycles. The van der Waals surface area contributed by atoms with E-state index >= 15 is 0 Å². The average Bonchev–Trinajstić information content (AvgIpc) is 2.26. The van der Waals surface area contributed by atoms with Gasteiger partial charge in [-0.15, -0.1) is 0 Å². The van der Waals surface area contributed by atoms with Crippen LogP contribution in [0.2, 0.25) is 5.02 Å². The van der Waals surface area contributed by atoms with E-state index < -0.39 is 23.7 Å². The average molecular weight is 275 g/mol. The Morgan fingerprint density at radius 1 is 1.33 bits per heavy atom. The van der Waals surface area contributed by atoms with Gasteiger partial charge in [0.1, 0.15) is 5.82 Å². The molecule has 0 spiro atoms. The summed E-state index contributed by atoms with van der Waals surface area (Å²) in [6.07, 6.45) is -0.452. The van der Waals surface area contributed by atoms with Crippen LogP contribution in [0.25, 0.3) is 0 Å². The minimum Gasteiger partial charge on any atom is -0.481 e. The SMILES string of the molecule is O=C(O)CCC(Cc1c(F)cccc1Cl)C(=O)O. The standard InChI is InChI=1S/C12H12ClFO4/c13-9-2-1-3-10(14)8(9)6-7(12(17)18)4-5-11(15)16/h1-3,7H,4-6H2,(H,15,16)(H,17,18). The minimum absolute atomic E-state index is 0.0602. The van der Waals surface area contributed by atoms with Crippen molar-refractivity contribution in [3.8, 4) is 0 Å². The molecule has 1 rings (SSSR count). The van der Waals surface area contributed by atoms with Crippen LogP contribution >= 0.6 is 11.6 Å². The van der Waals surface area contributed by atoms with E-state index in [1.54, 1.807) is 0 Å². The number of halogens is 2. The summed E-state index contributed by atoms with van der Waals surface area (Å²) in [5, 5.41) is 17.6. The molecule has 1 aromatic carbocycles. The van der Waals surface area contributed by atoms with Crippen molar-refractivity contribution in [1.82, 2.24) is 0 Å². The van der Waals surface area contributed by atoms with Crippen molar-refractivity contribution in [3.05, 3.63) is 34.6 Å². The van der Waals surface area contributed by atoms with Crippen LogP contribution in [-0.4, -0.2) is 22.2 Å². The molecule has 0 aliphatic rings. The van der Waals surface area contributed by atoms with E-state index in [0.717, 1.165) is 0 Å². The molecule has 1 atom stereocenters. The summed E-state index contributed by atoms with van der Waals surface area (Å²) >= 11 is 5.79. The van der Waals surface area contributed by atoms with Crippen LogP contribution in [0.1, 0.15) is 18.4 Å². The van der Waals surface area contributed by atoms with Gasteiger partial charge >= 0.3 is 11.9 Å². The number of benzene rings is 1. The molecular weight excluding hydrogens is 263 g/mol. The molecule has 0 radical (unpaired) electrons. The van der Waals surface area contributed by atoms with E-state index in [1.807, 2.05) is 0 Å². The predicted molar refractivity (Wildman–Crippen MR) is 63.1 cm³/mol. The maximum Gasteiger partial charge on any atom is 0.306 e. The van der Waals surface area contributed by atoms with E-state index in [-0.39, 0.29) is 29.8 Å². The molecule has 0 saturated carbocycles. The number of aliphatic carboxylic acids is 2. The van der Waals surface area contributed by atoms with Crippen LogP contribution in [0.3, 0.4) is 0 Å². The monoisotopic (exact) mass is 274 g/mol. The topological polar surface area (TPSA) is 74.6 Å². The molecule has 98 valence electrons. The van der Waals surface area contributed by atoms with Crippen molar-refractivity contribution >= 4 is 23.5 Å². The highest BCUT2D eigenvalue weighted by molar-refractivity contribution is 6.31. The molecule has 1 unspecified atom stereocenters. The Morgan fingerprint density at radius 3 is 2.50 bits per heavy atom. The molecule has 2 N–H and O–H groups in total. The fourth-order valence-electron chi connectivity index (χ4n) is 1.58. The number of carboxylic acids is 2. The fraction of sp³-hybridized carbons (Fsp3) is 0.333. The lowest BCUT2D eigenvalue weighted by Gasteiger charge is -2.12. The Labute approximate surface area is 108 Å². The number of hydrogen-bond donors (Lipinski definition) is 2. The van der Waals surface area contributed by atoms with Crippen LogP contribution in [0, 0.1) is 11.7 Å². The third-order valence-corrected chi connectivity index (χ3v) is 2.92. The molecule has 0 aromatic heterocycles. The first-order valence-corrected chi connectivity index (χ1v) is 5.67. The summed E-state index contributed by atoms with van der Waals surface area (Å²) < 4.78 is 13.5. The highest BCUT2D eigenvalue weighted by Gasteiger charge is 2.22. The summed E-state index contributed by atoms with van der Waals surface area (Å²) in [7, 11) is 0. The van der Waals surface area contributed by atoms with E-state index in [4.69, 9.17) is 21.8 Å². The third-order valence-electron chi connectivity index (χ3n) is 2.57. The molecular formula is C12H12ClFO4. The second kappa shape index (κ2) is 6.35. The van der Waals surface area contributed by atoms with Crippen molar-refractivity contribution < 1.29 is 24.2 Å². The van der Waals surface area contributed by atoms with Gasteiger partial charge < -0.3 is 10.2 Å². The first kappa shape index (κ1) is 14.4. The van der Waals surface area contributed by atoms with Gasteiger partial charge in [0, 0.05) is 17.0 Å². The Balaban J connectivity index is 2.83. The lowest BCUT2D eigenvalue weighted by atomic mass is 9.94. The Morgan fingerprint density at radius 2 is 2.00 bits per heavy atom. The largest absolute Gasteiger partial charge is 0.481 e. The van der Waals surface area contributed by atoms with Crippen LogP contribution in [0.4, 0.5) is 4.39 Å². The summed E-state index contributed by atoms with van der Waals surface area (Å²) in [6, 6.07) is 4.08. The van der Waals surface area contributed by atoms with E-state index in [0.29, 0.717) is 0 Å². The second-order valence-corrected chi connectivity index (χ2v) is 4.28. The van der Waals surface area contributed by atoms with E-state index in [9.17, 15) is 14.0 Å². The number of hydrogen-bond acceptors (Lipinski definition) is 2. The van der Waals surface area contributed by atoms with Crippen molar-refractivity contribution in [2.45, 2.75) is 19.3 Å². The summed E-state index contributed by atoms with van der Waals surface area (Å²) in [5.74, 6) is -3.78. The zero-order chi connectivity index (χ0) is 13.7. The molecule has 0 heterocycles. The molecule has 4 nitrogen and oxygen atoms in total. The molecule has 0 amide bonds. The number of carboxylic acid groups (broad SMARTS) is 2. The van der Waals surface area contributed by atoms with Crippen molar-refractivity contribution in [3.63, 3.8) is 0 Å². The maximum absolute atomic E-state index is 13.5. The maximum atomic E-state index is 13.5. The first-order chi connectivity index (χ1) is 8.41. The third kappa shape index (κ3) is 4.00. The molecule has 0 aliphatic heterocycles. The van der Waals surface area contributed by atoms with Gasteiger partial charge in [-0.2, -0.15) is 0 Å². The van der Waals surface area contributed by atoms with Crippen LogP contribution < -0.4 is 0 Å². The molecule has 18 heavy (non-hydrogen) atoms. The fourth-order valence-corrected chi connectivity index (χ4v) is 1.82. The summed E-state index contributed by atoms with van der Waals surface area (Å²) in [6.45, 7) is 0. The number of rotatable bonds is 6. The number of carbonyl (C=O) groups is 2. The smallest absolute Gasteiger partial charge is 0.306 e. The van der Waals surface area contributed by atoms with Crippen molar-refractivity contribution in [2.24, 2.45) is 5.92 Å². The molecule has 0 fully saturated rings. The van der Waals surface area contributed by atoms with Gasteiger partial charge in [0.25, 0.3) is 0 Å². The Hall–Kier alpha value is -1.62. The quantitative estimate of drug-likeness (QED) is 0.836. The molecule has 0 bridgehead atoms. The second-order valence-electron chi connectivity index (χ2n) is 3.87. The zero-order valence-corrected chi connectivity index (χ0v) is 10.2. The first-order valence-electron chi connectivity index (χ1n) is 5.29. The summed E-state index contributed by atoms with van der Waals surface area (Å²) in [4.78, 5) is 21.4. The lowest BCUT2D eigenvalue weighted by molar-refractivity contribution is -0.142. The van der Waals surface area contributed by atoms with Gasteiger partial charge in [0.2, 0.25) is 0 Å². The molecule has 0 saturated heterocycles. The molecule has 6 heteroatoms. The normalized spacial score (nSPS) is 12.1. The van der Waals surface area contributed by atoms with Crippen molar-refractivity contribution in [1.29, 1.82) is 0 Å². The minimum atomic E-state index is -1.16. The van der Waals surface area contributed by atoms with Gasteiger partial charge in [-0.3, -0.25) is 9.59 Å². The summed E-state index contributed by atoms with van der Waals surface area (Å²) in [5.41, 5.74) is 0.108. The van der Waals surface area contributed by atoms with Crippen LogP contribution in [-0.2, 0) is 16.0 Å². The van der Waals surface area contributed by atoms with Gasteiger partial charge in [-0.05, 0) is 25.0 Å².